The van der Waals surface area contributed by atoms with Crippen LogP contribution >= 0.6 is 11.3 Å². The first kappa shape index (κ1) is 17.9. The zero-order chi connectivity index (χ0) is 16.9. The number of carbonyl (C=O) groups excluding carboxylic acids is 1. The number of amides is 1. The minimum Gasteiger partial charge on any atom is -0.340 e. The Morgan fingerprint density at radius 1 is 1.12 bits per heavy atom. The number of thiazole rings is 1. The monoisotopic (exact) mass is 349 g/mol. The Kier molecular flexibility index (Phi) is 6.28. The molecule has 1 aromatic rings. The first-order valence-corrected chi connectivity index (χ1v) is 10.4. The van der Waals surface area contributed by atoms with Crippen molar-refractivity contribution in [3.05, 3.63) is 15.6 Å². The van der Waals surface area contributed by atoms with Gasteiger partial charge in [0.1, 0.15) is 5.01 Å². The molecule has 1 aliphatic carbocycles. The summed E-state index contributed by atoms with van der Waals surface area (Å²) in [6.45, 7) is 8.88. The van der Waals surface area contributed by atoms with E-state index >= 15 is 0 Å². The summed E-state index contributed by atoms with van der Waals surface area (Å²) in [5.74, 6) is 1.18. The second-order valence-electron chi connectivity index (χ2n) is 7.45. The molecule has 0 radical (unpaired) electrons. The molecule has 0 aromatic carbocycles. The predicted molar refractivity (Wildman–Crippen MR) is 99.3 cm³/mol. The molecule has 1 saturated heterocycles. The number of hydrogen-bond acceptors (Lipinski definition) is 4. The van der Waals surface area contributed by atoms with Crippen molar-refractivity contribution in [2.45, 2.75) is 65.3 Å². The average Bonchev–Trinajstić information content (AvgIpc) is 2.92. The van der Waals surface area contributed by atoms with E-state index in [4.69, 9.17) is 0 Å². The van der Waals surface area contributed by atoms with E-state index in [0.29, 0.717) is 5.91 Å². The maximum Gasteiger partial charge on any atom is 0.222 e. The molecule has 0 atom stereocenters. The standard InChI is InChI=1S/C19H31N3OS/c1-15-16(2)24-18(20-15)14-21-10-12-22(13-11-21)19(23)9-8-17-6-4-3-5-7-17/h17H,3-14H2,1-2H3. The lowest BCUT2D eigenvalue weighted by molar-refractivity contribution is -0.133. The summed E-state index contributed by atoms with van der Waals surface area (Å²) in [6.07, 6.45) is 8.68. The summed E-state index contributed by atoms with van der Waals surface area (Å²) < 4.78 is 0. The van der Waals surface area contributed by atoms with Crippen LogP contribution in [-0.2, 0) is 11.3 Å². The van der Waals surface area contributed by atoms with Gasteiger partial charge in [-0.05, 0) is 26.2 Å². The van der Waals surface area contributed by atoms with Crippen LogP contribution in [0.5, 0.6) is 0 Å². The maximum absolute atomic E-state index is 12.5. The summed E-state index contributed by atoms with van der Waals surface area (Å²) in [6, 6.07) is 0. The van der Waals surface area contributed by atoms with Gasteiger partial charge < -0.3 is 4.90 Å². The molecule has 0 N–H and O–H groups in total. The minimum atomic E-state index is 0.376. The fourth-order valence-electron chi connectivity index (χ4n) is 3.91. The molecule has 24 heavy (non-hydrogen) atoms. The van der Waals surface area contributed by atoms with Gasteiger partial charge in [-0.1, -0.05) is 32.1 Å². The number of nitrogens with zero attached hydrogens (tertiary/aromatic N) is 3. The average molecular weight is 350 g/mol. The molecule has 3 rings (SSSR count). The van der Waals surface area contributed by atoms with E-state index in [-0.39, 0.29) is 0 Å². The van der Waals surface area contributed by atoms with Crippen molar-refractivity contribution in [3.8, 4) is 0 Å². The summed E-state index contributed by atoms with van der Waals surface area (Å²) in [7, 11) is 0. The zero-order valence-electron chi connectivity index (χ0n) is 15.2. The molecular weight excluding hydrogens is 318 g/mol. The SMILES string of the molecule is Cc1nc(CN2CCN(C(=O)CCC3CCCCC3)CC2)sc1C. The third-order valence-corrected chi connectivity index (χ3v) is 6.71. The Morgan fingerprint density at radius 2 is 1.83 bits per heavy atom. The van der Waals surface area contributed by atoms with Gasteiger partial charge in [0.25, 0.3) is 0 Å². The molecule has 2 fully saturated rings. The van der Waals surface area contributed by atoms with Crippen LogP contribution in [0.3, 0.4) is 0 Å². The van der Waals surface area contributed by atoms with Crippen LogP contribution in [0.1, 0.15) is 60.5 Å². The Labute approximate surface area is 150 Å². The molecule has 4 nitrogen and oxygen atoms in total. The third kappa shape index (κ3) is 4.79. The number of rotatable bonds is 5. The molecule has 134 valence electrons. The summed E-state index contributed by atoms with van der Waals surface area (Å²) in [5.41, 5.74) is 1.16. The van der Waals surface area contributed by atoms with Crippen LogP contribution in [0.4, 0.5) is 0 Å². The van der Waals surface area contributed by atoms with Gasteiger partial charge in [0.2, 0.25) is 5.91 Å². The molecule has 1 aliphatic heterocycles. The van der Waals surface area contributed by atoms with Crippen LogP contribution < -0.4 is 0 Å². The molecule has 1 saturated carbocycles. The maximum atomic E-state index is 12.5. The Bertz CT molecular complexity index is 523. The lowest BCUT2D eigenvalue weighted by Crippen LogP contribution is -2.48. The van der Waals surface area contributed by atoms with Crippen LogP contribution in [0.15, 0.2) is 0 Å². The van der Waals surface area contributed by atoms with Crippen molar-refractivity contribution in [2.75, 3.05) is 26.2 Å². The van der Waals surface area contributed by atoms with E-state index < -0.39 is 0 Å². The van der Waals surface area contributed by atoms with Crippen molar-refractivity contribution >= 4 is 17.2 Å². The van der Waals surface area contributed by atoms with Gasteiger partial charge in [0.05, 0.1) is 12.2 Å². The molecular formula is C19H31N3OS. The van der Waals surface area contributed by atoms with Crippen LogP contribution in [0, 0.1) is 19.8 Å². The fourth-order valence-corrected chi connectivity index (χ4v) is 4.89. The van der Waals surface area contributed by atoms with Crippen LogP contribution in [0.2, 0.25) is 0 Å². The molecule has 2 heterocycles. The number of hydrogen-bond donors (Lipinski definition) is 0. The van der Waals surface area contributed by atoms with Crippen LogP contribution in [0.25, 0.3) is 0 Å². The van der Waals surface area contributed by atoms with Gasteiger partial charge in [0.15, 0.2) is 0 Å². The Balaban J connectivity index is 1.38. The highest BCUT2D eigenvalue weighted by Gasteiger charge is 2.23. The predicted octanol–water partition coefficient (Wildman–Crippen LogP) is 3.76. The van der Waals surface area contributed by atoms with Gasteiger partial charge >= 0.3 is 0 Å². The third-order valence-electron chi connectivity index (χ3n) is 5.65. The highest BCUT2D eigenvalue weighted by atomic mass is 32.1. The molecule has 1 aromatic heterocycles. The topological polar surface area (TPSA) is 36.4 Å². The Hall–Kier alpha value is -0.940. The summed E-state index contributed by atoms with van der Waals surface area (Å²) >= 11 is 1.81. The van der Waals surface area contributed by atoms with Gasteiger partial charge in [-0.15, -0.1) is 11.3 Å². The van der Waals surface area contributed by atoms with Crippen molar-refractivity contribution < 1.29 is 4.79 Å². The number of aromatic nitrogens is 1. The van der Waals surface area contributed by atoms with E-state index in [1.165, 1.54) is 42.0 Å². The molecule has 0 spiro atoms. The largest absolute Gasteiger partial charge is 0.340 e. The molecule has 0 bridgehead atoms. The van der Waals surface area contributed by atoms with Gasteiger partial charge in [-0.2, -0.15) is 0 Å². The Morgan fingerprint density at radius 3 is 2.46 bits per heavy atom. The number of carbonyl (C=O) groups is 1. The van der Waals surface area contributed by atoms with Crippen molar-refractivity contribution in [1.82, 2.24) is 14.8 Å². The van der Waals surface area contributed by atoms with Crippen molar-refractivity contribution in [2.24, 2.45) is 5.92 Å². The second-order valence-corrected chi connectivity index (χ2v) is 8.74. The van der Waals surface area contributed by atoms with E-state index in [1.54, 1.807) is 11.3 Å². The van der Waals surface area contributed by atoms with E-state index in [9.17, 15) is 4.79 Å². The highest BCUT2D eigenvalue weighted by molar-refractivity contribution is 7.11. The highest BCUT2D eigenvalue weighted by Crippen LogP contribution is 2.27. The molecule has 5 heteroatoms. The fraction of sp³-hybridized carbons (Fsp3) is 0.789. The van der Waals surface area contributed by atoms with E-state index in [0.717, 1.165) is 57.2 Å². The first-order chi connectivity index (χ1) is 11.6. The minimum absolute atomic E-state index is 0.376. The van der Waals surface area contributed by atoms with E-state index in [2.05, 4.69) is 28.6 Å². The molecule has 0 unspecified atom stereocenters. The normalized spacial score (nSPS) is 20.5. The number of aryl methyl sites for hydroxylation is 2. The van der Waals surface area contributed by atoms with Crippen LogP contribution in [-0.4, -0.2) is 46.9 Å². The van der Waals surface area contributed by atoms with Gasteiger partial charge in [-0.25, -0.2) is 4.98 Å². The molecule has 2 aliphatic rings. The molecule has 1 amide bonds. The lowest BCUT2D eigenvalue weighted by Gasteiger charge is -2.34. The smallest absolute Gasteiger partial charge is 0.222 e. The summed E-state index contributed by atoms with van der Waals surface area (Å²) in [4.78, 5) is 22.9. The lowest BCUT2D eigenvalue weighted by atomic mass is 9.86. The van der Waals surface area contributed by atoms with Gasteiger partial charge in [0, 0.05) is 37.5 Å². The number of piperazine rings is 1. The van der Waals surface area contributed by atoms with Gasteiger partial charge in [-0.3, -0.25) is 9.69 Å². The van der Waals surface area contributed by atoms with E-state index in [1.807, 2.05) is 0 Å². The second kappa shape index (κ2) is 8.43. The summed E-state index contributed by atoms with van der Waals surface area (Å²) in [5, 5.41) is 1.21. The van der Waals surface area contributed by atoms with Crippen molar-refractivity contribution in [1.29, 1.82) is 0 Å². The quantitative estimate of drug-likeness (QED) is 0.812. The first-order valence-electron chi connectivity index (χ1n) is 9.55. The zero-order valence-corrected chi connectivity index (χ0v) is 16.0. The van der Waals surface area contributed by atoms with Crippen molar-refractivity contribution in [3.63, 3.8) is 0 Å².